The van der Waals surface area contributed by atoms with Gasteiger partial charge in [0.2, 0.25) is 5.95 Å². The highest BCUT2D eigenvalue weighted by Gasteiger charge is 2.41. The monoisotopic (exact) mass is 577 g/mol. The van der Waals surface area contributed by atoms with Crippen LogP contribution in [0.1, 0.15) is 25.7 Å². The molecule has 1 saturated carbocycles. The zero-order valence-corrected chi connectivity index (χ0v) is 23.8. The van der Waals surface area contributed by atoms with Crippen molar-refractivity contribution in [1.29, 1.82) is 0 Å². The van der Waals surface area contributed by atoms with Crippen molar-refractivity contribution in [3.8, 4) is 11.6 Å². The van der Waals surface area contributed by atoms with Crippen molar-refractivity contribution in [3.63, 3.8) is 0 Å². The number of carbonyl (C=O) groups excluding carboxylic acids is 1. The summed E-state index contributed by atoms with van der Waals surface area (Å²) in [4.78, 5) is 42.1. The quantitative estimate of drug-likeness (QED) is 0.304. The number of benzene rings is 1. The molecule has 2 N–H and O–H groups in total. The van der Waals surface area contributed by atoms with Gasteiger partial charge in [0.25, 0.3) is 11.5 Å². The lowest BCUT2D eigenvalue weighted by Gasteiger charge is -2.28. The minimum Gasteiger partial charge on any atom is -0.480 e. The summed E-state index contributed by atoms with van der Waals surface area (Å²) in [6.07, 6.45) is 11.6. The van der Waals surface area contributed by atoms with Gasteiger partial charge in [0.05, 0.1) is 6.54 Å². The second kappa shape index (κ2) is 9.80. The molecule has 0 spiro atoms. The molecule has 1 fully saturated rings. The molecular formula is C31H31N9O3. The highest BCUT2D eigenvalue weighted by molar-refractivity contribution is 5.96. The van der Waals surface area contributed by atoms with Gasteiger partial charge in [-0.05, 0) is 69.1 Å². The van der Waals surface area contributed by atoms with Gasteiger partial charge >= 0.3 is 0 Å². The number of hydrogen-bond acceptors (Lipinski definition) is 8. The predicted octanol–water partition coefficient (Wildman–Crippen LogP) is 3.50. The van der Waals surface area contributed by atoms with E-state index in [1.807, 2.05) is 25.3 Å². The van der Waals surface area contributed by atoms with Crippen molar-refractivity contribution in [2.45, 2.75) is 44.3 Å². The van der Waals surface area contributed by atoms with E-state index in [-0.39, 0.29) is 23.6 Å². The summed E-state index contributed by atoms with van der Waals surface area (Å²) in [5, 5.41) is 8.29. The van der Waals surface area contributed by atoms with Crippen molar-refractivity contribution in [2.24, 2.45) is 0 Å². The first-order valence-corrected chi connectivity index (χ1v) is 14.6. The normalized spacial score (nSPS) is 18.1. The van der Waals surface area contributed by atoms with Gasteiger partial charge in [0.15, 0.2) is 29.6 Å². The first kappa shape index (κ1) is 25.7. The molecule has 2 aliphatic heterocycles. The molecule has 0 atom stereocenters. The molecule has 43 heavy (non-hydrogen) atoms. The van der Waals surface area contributed by atoms with E-state index in [1.165, 1.54) is 18.4 Å². The standard InChI is InChI=1S/C31H31N9O3/c1-32-31(11-12-31)19-37-15-10-20-16-21(6-7-23(20)37)34-30-33-17-22-27(36-30)40-25-9-8-24-28(35-25)38(26(41)18-43-24)13-4-2-3-5-14-39(40)29(22)42/h3,5-10,15-17,32H,2,4,11-14,18-19H2,1H3,(H,33,34,36)/b5-3-. The van der Waals surface area contributed by atoms with E-state index in [4.69, 9.17) is 14.7 Å². The van der Waals surface area contributed by atoms with Crippen LogP contribution in [0, 0.1) is 0 Å². The molecule has 218 valence electrons. The molecule has 6 heterocycles. The van der Waals surface area contributed by atoms with Crippen LogP contribution in [-0.2, 0) is 17.9 Å². The number of nitrogens with zero attached hydrogens (tertiary/aromatic N) is 7. The number of rotatable bonds is 5. The highest BCUT2D eigenvalue weighted by atomic mass is 16.5. The molecule has 12 heteroatoms. The Balaban J connectivity index is 1.19. The Labute approximate surface area is 246 Å². The van der Waals surface area contributed by atoms with E-state index in [9.17, 15) is 9.59 Å². The average molecular weight is 578 g/mol. The molecule has 1 aliphatic carbocycles. The molecule has 2 bridgehead atoms. The molecule has 4 aromatic heterocycles. The van der Waals surface area contributed by atoms with Crippen LogP contribution in [0.25, 0.3) is 27.8 Å². The van der Waals surface area contributed by atoms with Crippen LogP contribution in [0.3, 0.4) is 0 Å². The van der Waals surface area contributed by atoms with E-state index in [2.05, 4.69) is 44.6 Å². The number of hydrogen-bond donors (Lipinski definition) is 2. The van der Waals surface area contributed by atoms with Crippen LogP contribution >= 0.6 is 0 Å². The molecule has 0 unspecified atom stereocenters. The molecule has 0 radical (unpaired) electrons. The minimum absolute atomic E-state index is 0.0173. The maximum atomic E-state index is 13.6. The van der Waals surface area contributed by atoms with E-state index in [0.717, 1.165) is 30.5 Å². The second-order valence-electron chi connectivity index (χ2n) is 11.4. The number of anilines is 3. The van der Waals surface area contributed by atoms with E-state index in [0.29, 0.717) is 47.5 Å². The Kier molecular flexibility index (Phi) is 5.86. The molecule has 0 saturated heterocycles. The molecule has 12 nitrogen and oxygen atoms in total. The number of carbonyl (C=O) groups is 1. The zero-order chi connectivity index (χ0) is 29.1. The van der Waals surface area contributed by atoms with Crippen molar-refractivity contribution in [2.75, 3.05) is 30.4 Å². The SMILES string of the molecule is CNC1(Cn2ccc3cc(Nc4ncc5c(=O)n6n(c5n4)-c4ccc5c(n4)N(CCC/C=C\C6)C(=O)CO5)ccc32)CC1. The fraction of sp³-hybridized carbons (Fsp3) is 0.323. The van der Waals surface area contributed by atoms with Crippen molar-refractivity contribution < 1.29 is 9.53 Å². The van der Waals surface area contributed by atoms with Gasteiger partial charge in [-0.1, -0.05) is 12.2 Å². The largest absolute Gasteiger partial charge is 0.480 e. The molecule has 1 aromatic carbocycles. The second-order valence-corrected chi connectivity index (χ2v) is 11.4. The van der Waals surface area contributed by atoms with Crippen molar-refractivity contribution in [1.82, 2.24) is 34.2 Å². The lowest BCUT2D eigenvalue weighted by Crippen LogP contribution is -2.40. The Morgan fingerprint density at radius 1 is 1.07 bits per heavy atom. The number of amides is 1. The third-order valence-electron chi connectivity index (χ3n) is 8.71. The molecule has 3 aliphatic rings. The lowest BCUT2D eigenvalue weighted by molar-refractivity contribution is -0.121. The molecule has 1 amide bonds. The van der Waals surface area contributed by atoms with Gasteiger partial charge in [-0.15, -0.1) is 0 Å². The van der Waals surface area contributed by atoms with Crippen LogP contribution in [-0.4, -0.2) is 60.5 Å². The maximum Gasteiger partial charge on any atom is 0.278 e. The van der Waals surface area contributed by atoms with Crippen LogP contribution in [0.4, 0.5) is 17.5 Å². The summed E-state index contributed by atoms with van der Waals surface area (Å²) in [6.45, 7) is 1.81. The van der Waals surface area contributed by atoms with Crippen molar-refractivity contribution in [3.05, 3.63) is 71.3 Å². The summed E-state index contributed by atoms with van der Waals surface area (Å²) >= 11 is 0. The Morgan fingerprint density at radius 2 is 1.98 bits per heavy atom. The lowest BCUT2D eigenvalue weighted by atomic mass is 10.2. The fourth-order valence-corrected chi connectivity index (χ4v) is 6.07. The third-order valence-corrected chi connectivity index (χ3v) is 8.71. The Bertz CT molecular complexity index is 2000. The number of likely N-dealkylation sites (N-methyl/N-ethyl adjacent to an activating group) is 1. The van der Waals surface area contributed by atoms with Crippen LogP contribution in [0.5, 0.6) is 5.75 Å². The van der Waals surface area contributed by atoms with E-state index in [1.54, 1.807) is 32.6 Å². The zero-order valence-electron chi connectivity index (χ0n) is 23.8. The van der Waals surface area contributed by atoms with Gasteiger partial charge in [0.1, 0.15) is 5.39 Å². The number of allylic oxidation sites excluding steroid dienone is 2. The summed E-state index contributed by atoms with van der Waals surface area (Å²) in [7, 11) is 2.03. The first-order chi connectivity index (χ1) is 21.0. The summed E-state index contributed by atoms with van der Waals surface area (Å²) in [5.74, 6) is 1.68. The summed E-state index contributed by atoms with van der Waals surface area (Å²) in [5.41, 5.74) is 2.43. The van der Waals surface area contributed by atoms with Gasteiger partial charge in [-0.25, -0.2) is 19.3 Å². The van der Waals surface area contributed by atoms with Crippen LogP contribution in [0.2, 0.25) is 0 Å². The Hall–Kier alpha value is -4.97. The summed E-state index contributed by atoms with van der Waals surface area (Å²) in [6, 6.07) is 11.9. The number of nitrogens with one attached hydrogen (secondary N) is 2. The third kappa shape index (κ3) is 4.36. The smallest absolute Gasteiger partial charge is 0.278 e. The van der Waals surface area contributed by atoms with E-state index < -0.39 is 0 Å². The van der Waals surface area contributed by atoms with Gasteiger partial charge in [0, 0.05) is 47.6 Å². The fourth-order valence-electron chi connectivity index (χ4n) is 6.07. The topological polar surface area (TPSA) is 124 Å². The van der Waals surface area contributed by atoms with E-state index >= 15 is 0 Å². The predicted molar refractivity (Wildman–Crippen MR) is 163 cm³/mol. The molecule has 5 aromatic rings. The van der Waals surface area contributed by atoms with Gasteiger partial charge in [-0.3, -0.25) is 14.5 Å². The minimum atomic E-state index is -0.218. The van der Waals surface area contributed by atoms with Gasteiger partial charge < -0.3 is 19.9 Å². The number of pyridine rings is 1. The number of ether oxygens (including phenoxy) is 1. The maximum absolute atomic E-state index is 13.6. The van der Waals surface area contributed by atoms with Crippen LogP contribution < -0.4 is 25.8 Å². The summed E-state index contributed by atoms with van der Waals surface area (Å²) < 4.78 is 11.3. The molecular weight excluding hydrogens is 546 g/mol. The van der Waals surface area contributed by atoms with Crippen LogP contribution in [0.15, 0.2) is 65.7 Å². The highest BCUT2D eigenvalue weighted by Crippen LogP contribution is 2.38. The first-order valence-electron chi connectivity index (χ1n) is 14.6. The Morgan fingerprint density at radius 3 is 2.84 bits per heavy atom. The number of fused-ring (bicyclic) bond motifs is 6. The van der Waals surface area contributed by atoms with Crippen molar-refractivity contribution >= 4 is 45.3 Å². The number of aromatic nitrogens is 6. The average Bonchev–Trinajstić information content (AvgIpc) is 3.61. The molecule has 8 rings (SSSR count). The van der Waals surface area contributed by atoms with Gasteiger partial charge in [-0.2, -0.15) is 4.98 Å².